The fourth-order valence-corrected chi connectivity index (χ4v) is 0.728. The molecule has 1 aromatic heterocycles. The Hall–Kier alpha value is -1.18. The summed E-state index contributed by atoms with van der Waals surface area (Å²) in [6, 6.07) is 1.89. The van der Waals surface area contributed by atoms with Gasteiger partial charge in [-0.05, 0) is 12.1 Å². The molecule has 0 spiro atoms. The monoisotopic (exact) mass is 106 g/mol. The van der Waals surface area contributed by atoms with Crippen molar-refractivity contribution in [2.24, 2.45) is 0 Å². The first-order valence-electron chi connectivity index (χ1n) is 2.42. The zero-order valence-corrected chi connectivity index (χ0v) is 4.16. The molecule has 1 radical (unpaired) electrons. The number of hydrogen-bond acceptors (Lipinski definition) is 1. The molecule has 0 saturated carbocycles. The molecular weight excluding hydrogens is 102 g/mol. The topological polar surface area (TPSA) is 27.2 Å². The molecule has 39 valence electrons. The van der Waals surface area contributed by atoms with Gasteiger partial charge in [0.05, 0.1) is 6.26 Å². The summed E-state index contributed by atoms with van der Waals surface area (Å²) in [6.07, 6.45) is 5.28. The van der Waals surface area contributed by atoms with Crippen molar-refractivity contribution in [1.29, 1.82) is 0 Å². The van der Waals surface area contributed by atoms with Crippen LogP contribution in [0.1, 0.15) is 5.56 Å². The summed E-state index contributed by atoms with van der Waals surface area (Å²) in [4.78, 5) is 0. The lowest BCUT2D eigenvalue weighted by molar-refractivity contribution is 0.560. The third-order valence-corrected chi connectivity index (χ3v) is 1.12. The Morgan fingerprint density at radius 2 is 2.50 bits per heavy atom. The maximum absolute atomic E-state index is 4.95. The average molecular weight is 106 g/mol. The highest BCUT2D eigenvalue weighted by atomic mass is 16.3. The normalized spacial score (nSPS) is 13.5. The molecule has 0 fully saturated rings. The second-order valence-corrected chi connectivity index (χ2v) is 1.63. The van der Waals surface area contributed by atoms with E-state index in [0.717, 1.165) is 11.4 Å². The SMILES string of the molecule is C1=Cc2ccoc2[N]1. The van der Waals surface area contributed by atoms with Crippen LogP contribution in [0.5, 0.6) is 0 Å². The van der Waals surface area contributed by atoms with Gasteiger partial charge in [-0.25, -0.2) is 5.32 Å². The maximum atomic E-state index is 4.95. The molecule has 0 unspecified atom stereocenters. The Morgan fingerprint density at radius 3 is 3.38 bits per heavy atom. The van der Waals surface area contributed by atoms with Crippen molar-refractivity contribution >= 4 is 12.0 Å². The molecule has 8 heavy (non-hydrogen) atoms. The summed E-state index contributed by atoms with van der Waals surface area (Å²) < 4.78 is 4.95. The van der Waals surface area contributed by atoms with Gasteiger partial charge in [0.2, 0.25) is 5.88 Å². The van der Waals surface area contributed by atoms with Gasteiger partial charge in [-0.1, -0.05) is 0 Å². The van der Waals surface area contributed by atoms with Crippen molar-refractivity contribution in [2.45, 2.75) is 0 Å². The molecule has 1 aliphatic rings. The van der Waals surface area contributed by atoms with Gasteiger partial charge in [0, 0.05) is 11.8 Å². The fraction of sp³-hybridized carbons (Fsp3) is 0. The first-order valence-corrected chi connectivity index (χ1v) is 2.42. The van der Waals surface area contributed by atoms with E-state index < -0.39 is 0 Å². The molecule has 0 amide bonds. The van der Waals surface area contributed by atoms with E-state index in [1.807, 2.05) is 12.1 Å². The van der Waals surface area contributed by atoms with Crippen LogP contribution in [0, 0.1) is 0 Å². The Balaban J connectivity index is 2.67. The average Bonchev–Trinajstić information content (AvgIpc) is 2.15. The van der Waals surface area contributed by atoms with E-state index in [0.29, 0.717) is 0 Å². The summed E-state index contributed by atoms with van der Waals surface area (Å²) in [5, 5.41) is 3.91. The van der Waals surface area contributed by atoms with Gasteiger partial charge in [-0.2, -0.15) is 0 Å². The smallest absolute Gasteiger partial charge is 0.225 e. The van der Waals surface area contributed by atoms with Crippen LogP contribution in [-0.4, -0.2) is 0 Å². The first kappa shape index (κ1) is 3.78. The van der Waals surface area contributed by atoms with E-state index in [1.54, 1.807) is 12.5 Å². The standard InChI is InChI=1S/C6H4NO/c1-3-7-6-5(1)2-4-8-6/h1-4H. The molecule has 2 heterocycles. The number of rotatable bonds is 0. The zero-order valence-electron chi connectivity index (χ0n) is 4.16. The van der Waals surface area contributed by atoms with Crippen LogP contribution >= 0.6 is 0 Å². The van der Waals surface area contributed by atoms with E-state index in [9.17, 15) is 0 Å². The predicted octanol–water partition coefficient (Wildman–Crippen LogP) is 1.50. The number of furan rings is 1. The fourth-order valence-electron chi connectivity index (χ4n) is 0.728. The van der Waals surface area contributed by atoms with Crippen LogP contribution in [0.3, 0.4) is 0 Å². The van der Waals surface area contributed by atoms with Crippen molar-refractivity contribution < 1.29 is 4.42 Å². The van der Waals surface area contributed by atoms with Crippen molar-refractivity contribution in [2.75, 3.05) is 0 Å². The summed E-state index contributed by atoms with van der Waals surface area (Å²) in [7, 11) is 0. The Labute approximate surface area is 46.8 Å². The minimum Gasteiger partial charge on any atom is -0.446 e. The first-order chi connectivity index (χ1) is 3.97. The largest absolute Gasteiger partial charge is 0.446 e. The molecule has 2 nitrogen and oxygen atoms in total. The maximum Gasteiger partial charge on any atom is 0.225 e. The van der Waals surface area contributed by atoms with Crippen LogP contribution in [0.15, 0.2) is 22.9 Å². The van der Waals surface area contributed by atoms with Gasteiger partial charge in [0.15, 0.2) is 0 Å². The van der Waals surface area contributed by atoms with E-state index in [1.165, 1.54) is 0 Å². The molecule has 1 aromatic rings. The molecule has 2 rings (SSSR count). The van der Waals surface area contributed by atoms with Gasteiger partial charge < -0.3 is 4.42 Å². The summed E-state index contributed by atoms with van der Waals surface area (Å²) in [5.41, 5.74) is 1.07. The van der Waals surface area contributed by atoms with Gasteiger partial charge in [-0.15, -0.1) is 0 Å². The summed E-state index contributed by atoms with van der Waals surface area (Å²) in [5.74, 6) is 0.727. The molecular formula is C6H4NO. The second kappa shape index (κ2) is 1.15. The van der Waals surface area contributed by atoms with Crippen LogP contribution < -0.4 is 5.32 Å². The lowest BCUT2D eigenvalue weighted by atomic mass is 10.3. The number of fused-ring (bicyclic) bond motifs is 1. The molecule has 0 bridgehead atoms. The Kier molecular flexibility index (Phi) is 0.545. The van der Waals surface area contributed by atoms with Crippen LogP contribution in [0.2, 0.25) is 0 Å². The van der Waals surface area contributed by atoms with E-state index >= 15 is 0 Å². The lowest BCUT2D eigenvalue weighted by Gasteiger charge is -1.80. The van der Waals surface area contributed by atoms with Gasteiger partial charge >= 0.3 is 0 Å². The van der Waals surface area contributed by atoms with Gasteiger partial charge in [0.1, 0.15) is 0 Å². The minimum atomic E-state index is 0.727. The molecule has 1 aliphatic heterocycles. The van der Waals surface area contributed by atoms with Gasteiger partial charge in [0.25, 0.3) is 0 Å². The van der Waals surface area contributed by atoms with Crippen LogP contribution in [0.25, 0.3) is 6.08 Å². The van der Waals surface area contributed by atoms with E-state index in [2.05, 4.69) is 5.32 Å². The predicted molar refractivity (Wildman–Crippen MR) is 29.5 cm³/mol. The van der Waals surface area contributed by atoms with Gasteiger partial charge in [-0.3, -0.25) is 0 Å². The lowest BCUT2D eigenvalue weighted by Crippen LogP contribution is -1.73. The van der Waals surface area contributed by atoms with Crippen LogP contribution in [-0.2, 0) is 0 Å². The van der Waals surface area contributed by atoms with E-state index in [4.69, 9.17) is 4.42 Å². The molecule has 0 N–H and O–H groups in total. The minimum absolute atomic E-state index is 0.727. The van der Waals surface area contributed by atoms with Crippen molar-refractivity contribution in [3.8, 4) is 0 Å². The molecule has 0 saturated heterocycles. The molecule has 0 aliphatic carbocycles. The van der Waals surface area contributed by atoms with Crippen molar-refractivity contribution in [3.05, 3.63) is 24.1 Å². The third-order valence-electron chi connectivity index (χ3n) is 1.12. The molecule has 2 heteroatoms. The summed E-state index contributed by atoms with van der Waals surface area (Å²) >= 11 is 0. The highest BCUT2D eigenvalue weighted by molar-refractivity contribution is 5.64. The summed E-state index contributed by atoms with van der Waals surface area (Å²) in [6.45, 7) is 0. The van der Waals surface area contributed by atoms with E-state index in [-0.39, 0.29) is 0 Å². The van der Waals surface area contributed by atoms with Crippen molar-refractivity contribution in [3.63, 3.8) is 0 Å². The molecule has 0 atom stereocenters. The highest BCUT2D eigenvalue weighted by Gasteiger charge is 2.06. The number of nitrogens with zero attached hydrogens (tertiary/aromatic N) is 1. The number of hydrogen-bond donors (Lipinski definition) is 0. The van der Waals surface area contributed by atoms with Crippen LogP contribution in [0.4, 0.5) is 5.88 Å². The Bertz CT molecular complexity index is 224. The van der Waals surface area contributed by atoms with Crippen molar-refractivity contribution in [1.82, 2.24) is 5.32 Å². The molecule has 0 aromatic carbocycles. The Morgan fingerprint density at radius 1 is 1.50 bits per heavy atom. The zero-order chi connectivity index (χ0) is 5.40. The third kappa shape index (κ3) is 0.320. The quantitative estimate of drug-likeness (QED) is 0.492. The second-order valence-electron chi connectivity index (χ2n) is 1.63. The highest BCUT2D eigenvalue weighted by Crippen LogP contribution is 2.22.